The lowest BCUT2D eigenvalue weighted by Crippen LogP contribution is -2.02. The fraction of sp³-hybridized carbons (Fsp3) is 0.567. The van der Waals surface area contributed by atoms with Crippen LogP contribution in [0.1, 0.15) is 101 Å². The minimum atomic E-state index is -0.0472. The monoisotopic (exact) mass is 502 g/mol. The molecule has 0 saturated heterocycles. The SMILES string of the molecule is CCCCCCCC(=O)OCC.CCCc1cc(Sc2cc(CCC)c(O)cc2C)c(C)cc1O. The zero-order valence-electron chi connectivity index (χ0n) is 22.7. The highest BCUT2D eigenvalue weighted by molar-refractivity contribution is 7.99. The topological polar surface area (TPSA) is 66.8 Å². The molecule has 0 fully saturated rings. The van der Waals surface area contributed by atoms with E-state index in [0.717, 1.165) is 60.8 Å². The van der Waals surface area contributed by atoms with E-state index in [1.165, 1.54) is 29.1 Å². The van der Waals surface area contributed by atoms with Crippen molar-refractivity contribution in [2.75, 3.05) is 6.61 Å². The number of benzene rings is 2. The molecule has 0 unspecified atom stereocenters. The molecule has 0 atom stereocenters. The third-order valence-corrected chi connectivity index (χ3v) is 7.12. The Labute approximate surface area is 217 Å². The van der Waals surface area contributed by atoms with E-state index in [9.17, 15) is 15.0 Å². The van der Waals surface area contributed by atoms with Crippen molar-refractivity contribution in [2.24, 2.45) is 0 Å². The fourth-order valence-corrected chi connectivity index (χ4v) is 4.89. The number of rotatable bonds is 13. The van der Waals surface area contributed by atoms with Crippen LogP contribution < -0.4 is 0 Å². The maximum absolute atomic E-state index is 10.9. The Bertz CT molecular complexity index is 848. The summed E-state index contributed by atoms with van der Waals surface area (Å²) in [6, 6.07) is 7.92. The van der Waals surface area contributed by atoms with Crippen LogP contribution in [0.4, 0.5) is 0 Å². The third-order valence-electron chi connectivity index (χ3n) is 5.80. The van der Waals surface area contributed by atoms with E-state index in [2.05, 4.69) is 32.9 Å². The van der Waals surface area contributed by atoms with Crippen molar-refractivity contribution in [3.63, 3.8) is 0 Å². The van der Waals surface area contributed by atoms with Crippen molar-refractivity contribution in [3.05, 3.63) is 46.5 Å². The van der Waals surface area contributed by atoms with E-state index in [-0.39, 0.29) is 5.97 Å². The second-order valence-corrected chi connectivity index (χ2v) is 10.1. The molecule has 2 N–H and O–H groups in total. The second kappa shape index (κ2) is 17.3. The second-order valence-electron chi connectivity index (χ2n) is 9.06. The number of esters is 1. The number of phenolic OH excluding ortho intramolecular Hbond substituents is 2. The van der Waals surface area contributed by atoms with Gasteiger partial charge in [0.25, 0.3) is 0 Å². The van der Waals surface area contributed by atoms with Gasteiger partial charge in [-0.15, -0.1) is 0 Å². The van der Waals surface area contributed by atoms with Gasteiger partial charge in [-0.2, -0.15) is 0 Å². The van der Waals surface area contributed by atoms with Crippen LogP contribution in [0.25, 0.3) is 0 Å². The van der Waals surface area contributed by atoms with Gasteiger partial charge >= 0.3 is 5.97 Å². The van der Waals surface area contributed by atoms with E-state index >= 15 is 0 Å². The van der Waals surface area contributed by atoms with Crippen molar-refractivity contribution in [2.45, 2.75) is 116 Å². The molecule has 196 valence electrons. The molecule has 0 aromatic heterocycles. The number of carbonyl (C=O) groups excluding carboxylic acids is 1. The van der Waals surface area contributed by atoms with E-state index < -0.39 is 0 Å². The Hall–Kier alpha value is -2.14. The molecule has 0 radical (unpaired) electrons. The maximum atomic E-state index is 10.9. The van der Waals surface area contributed by atoms with Gasteiger partial charge in [0.1, 0.15) is 11.5 Å². The zero-order chi connectivity index (χ0) is 26.2. The molecule has 0 amide bonds. The highest BCUT2D eigenvalue weighted by atomic mass is 32.2. The van der Waals surface area contributed by atoms with Gasteiger partial charge in [-0.25, -0.2) is 0 Å². The van der Waals surface area contributed by atoms with Gasteiger partial charge in [0.15, 0.2) is 0 Å². The summed E-state index contributed by atoms with van der Waals surface area (Å²) in [4.78, 5) is 13.2. The number of hydrogen-bond donors (Lipinski definition) is 2. The standard InChI is InChI=1S/C20H26O2S.C10H20O2/c1-5-7-15-11-19(13(3)9-17(15)21)23-20-12-16(8-6-2)18(22)10-14(20)4;1-3-5-6-7-8-9-10(11)12-4-2/h9-12,21-22H,5-8H2,1-4H3;3-9H2,1-2H3. The molecule has 0 spiro atoms. The van der Waals surface area contributed by atoms with Crippen LogP contribution in [0.3, 0.4) is 0 Å². The molecular formula is C30H46O4S. The Morgan fingerprint density at radius 2 is 1.23 bits per heavy atom. The maximum Gasteiger partial charge on any atom is 0.305 e. The quantitative estimate of drug-likeness (QED) is 0.212. The van der Waals surface area contributed by atoms with Crippen molar-refractivity contribution < 1.29 is 19.7 Å². The third kappa shape index (κ3) is 11.4. The first-order valence-electron chi connectivity index (χ1n) is 13.3. The molecule has 0 aliphatic carbocycles. The van der Waals surface area contributed by atoms with Crippen LogP contribution in [0.15, 0.2) is 34.1 Å². The molecule has 0 aliphatic heterocycles. The number of aryl methyl sites for hydroxylation is 4. The number of hydrogen-bond acceptors (Lipinski definition) is 5. The lowest BCUT2D eigenvalue weighted by Gasteiger charge is -2.14. The van der Waals surface area contributed by atoms with Crippen LogP contribution in [0.2, 0.25) is 0 Å². The van der Waals surface area contributed by atoms with Crippen molar-refractivity contribution >= 4 is 17.7 Å². The summed E-state index contributed by atoms with van der Waals surface area (Å²) in [5.41, 5.74) is 4.17. The van der Waals surface area contributed by atoms with E-state index in [1.54, 1.807) is 11.8 Å². The molecule has 0 heterocycles. The molecule has 0 aliphatic rings. The van der Waals surface area contributed by atoms with Crippen LogP contribution in [-0.4, -0.2) is 22.8 Å². The summed E-state index contributed by atoms with van der Waals surface area (Å²) in [6.07, 6.45) is 10.3. The average Bonchev–Trinajstić information content (AvgIpc) is 2.80. The van der Waals surface area contributed by atoms with E-state index in [4.69, 9.17) is 4.74 Å². The van der Waals surface area contributed by atoms with Gasteiger partial charge < -0.3 is 14.9 Å². The normalized spacial score (nSPS) is 10.6. The van der Waals surface area contributed by atoms with Crippen LogP contribution in [-0.2, 0) is 22.4 Å². The highest BCUT2D eigenvalue weighted by Gasteiger charge is 2.12. The van der Waals surface area contributed by atoms with Gasteiger partial charge in [0, 0.05) is 16.2 Å². The summed E-state index contributed by atoms with van der Waals surface area (Å²) >= 11 is 1.72. The average molecular weight is 503 g/mol. The highest BCUT2D eigenvalue weighted by Crippen LogP contribution is 2.38. The molecule has 2 aromatic carbocycles. The smallest absolute Gasteiger partial charge is 0.305 e. The molecule has 35 heavy (non-hydrogen) atoms. The molecule has 0 saturated carbocycles. The number of unbranched alkanes of at least 4 members (excludes halogenated alkanes) is 4. The lowest BCUT2D eigenvalue weighted by atomic mass is 10.1. The summed E-state index contributed by atoms with van der Waals surface area (Å²) in [7, 11) is 0. The van der Waals surface area contributed by atoms with E-state index in [1.807, 2.05) is 32.9 Å². The first kappa shape index (κ1) is 30.9. The fourth-order valence-electron chi connectivity index (χ4n) is 3.81. The Kier molecular flexibility index (Phi) is 15.3. The first-order valence-corrected chi connectivity index (χ1v) is 14.1. The predicted octanol–water partition coefficient (Wildman–Crippen LogP) is 8.68. The largest absolute Gasteiger partial charge is 0.508 e. The van der Waals surface area contributed by atoms with Crippen LogP contribution in [0, 0.1) is 13.8 Å². The van der Waals surface area contributed by atoms with Crippen molar-refractivity contribution in [3.8, 4) is 11.5 Å². The Balaban J connectivity index is 0.000000434. The molecule has 5 heteroatoms. The molecule has 0 bridgehead atoms. The summed E-state index contributed by atoms with van der Waals surface area (Å²) in [5, 5.41) is 20.2. The lowest BCUT2D eigenvalue weighted by molar-refractivity contribution is -0.143. The van der Waals surface area contributed by atoms with Gasteiger partial charge in [-0.05, 0) is 86.6 Å². The molecule has 2 rings (SSSR count). The minimum Gasteiger partial charge on any atom is -0.508 e. The minimum absolute atomic E-state index is 0.0472. The van der Waals surface area contributed by atoms with Crippen molar-refractivity contribution in [1.82, 2.24) is 0 Å². The number of carbonyl (C=O) groups is 1. The zero-order valence-corrected chi connectivity index (χ0v) is 23.5. The number of ether oxygens (including phenoxy) is 1. The van der Waals surface area contributed by atoms with Gasteiger partial charge in [-0.3, -0.25) is 4.79 Å². The summed E-state index contributed by atoms with van der Waals surface area (Å²) < 4.78 is 4.81. The Morgan fingerprint density at radius 3 is 1.66 bits per heavy atom. The van der Waals surface area contributed by atoms with Gasteiger partial charge in [-0.1, -0.05) is 71.1 Å². The summed E-state index contributed by atoms with van der Waals surface area (Å²) in [5.74, 6) is 0.736. The summed E-state index contributed by atoms with van der Waals surface area (Å²) in [6.45, 7) is 12.8. The van der Waals surface area contributed by atoms with Crippen molar-refractivity contribution in [1.29, 1.82) is 0 Å². The van der Waals surface area contributed by atoms with Gasteiger partial charge in [0.2, 0.25) is 0 Å². The van der Waals surface area contributed by atoms with Gasteiger partial charge in [0.05, 0.1) is 6.61 Å². The van der Waals surface area contributed by atoms with E-state index in [0.29, 0.717) is 24.5 Å². The number of aromatic hydroxyl groups is 2. The predicted molar refractivity (Wildman–Crippen MR) is 148 cm³/mol. The first-order chi connectivity index (χ1) is 16.8. The number of phenols is 2. The van der Waals surface area contributed by atoms with Crippen LogP contribution in [0.5, 0.6) is 11.5 Å². The molecule has 2 aromatic rings. The van der Waals surface area contributed by atoms with Crippen LogP contribution >= 0.6 is 11.8 Å². The molecule has 4 nitrogen and oxygen atoms in total. The Morgan fingerprint density at radius 1 is 0.743 bits per heavy atom. The molecular weight excluding hydrogens is 456 g/mol.